The molecule has 17 heavy (non-hydrogen) atoms. The first-order chi connectivity index (χ1) is 8.28. The van der Waals surface area contributed by atoms with E-state index in [-0.39, 0.29) is 0 Å². The van der Waals surface area contributed by atoms with Crippen molar-refractivity contribution in [1.29, 1.82) is 0 Å². The predicted octanol–water partition coefficient (Wildman–Crippen LogP) is 2.82. The molecule has 1 aromatic rings. The summed E-state index contributed by atoms with van der Waals surface area (Å²) in [5, 5.41) is 3.33. The van der Waals surface area contributed by atoms with Gasteiger partial charge < -0.3 is 10.1 Å². The van der Waals surface area contributed by atoms with Crippen molar-refractivity contribution in [1.82, 2.24) is 10.3 Å². The Balaban J connectivity index is 2.02. The molecule has 2 rings (SSSR count). The van der Waals surface area contributed by atoms with Crippen LogP contribution in [-0.4, -0.2) is 17.6 Å². The number of rotatable bonds is 5. The molecule has 1 saturated carbocycles. The van der Waals surface area contributed by atoms with Crippen LogP contribution < -0.4 is 10.1 Å². The van der Waals surface area contributed by atoms with Crippen molar-refractivity contribution in [3.8, 4) is 5.88 Å². The molecule has 1 fully saturated rings. The van der Waals surface area contributed by atoms with Crippen molar-refractivity contribution in [2.24, 2.45) is 0 Å². The zero-order valence-electron chi connectivity index (χ0n) is 10.8. The van der Waals surface area contributed by atoms with E-state index in [1.54, 1.807) is 0 Å². The summed E-state index contributed by atoms with van der Waals surface area (Å²) in [6.45, 7) is 6.02. The van der Waals surface area contributed by atoms with Gasteiger partial charge in [0.25, 0.3) is 0 Å². The molecule has 94 valence electrons. The Morgan fingerprint density at radius 2 is 2.12 bits per heavy atom. The summed E-state index contributed by atoms with van der Waals surface area (Å²) < 4.78 is 5.94. The van der Waals surface area contributed by atoms with Crippen LogP contribution in [0, 0.1) is 6.92 Å². The minimum absolute atomic E-state index is 0.385. The fraction of sp³-hybridized carbons (Fsp3) is 0.643. The van der Waals surface area contributed by atoms with Crippen molar-refractivity contribution in [2.75, 3.05) is 6.54 Å². The van der Waals surface area contributed by atoms with E-state index in [0.29, 0.717) is 6.10 Å². The third-order valence-electron chi connectivity index (χ3n) is 3.16. The van der Waals surface area contributed by atoms with Gasteiger partial charge in [0.2, 0.25) is 5.88 Å². The van der Waals surface area contributed by atoms with Crippen LogP contribution in [0.1, 0.15) is 43.9 Å². The average Bonchev–Trinajstić information content (AvgIpc) is 2.78. The molecule has 1 heterocycles. The second-order valence-electron chi connectivity index (χ2n) is 4.76. The van der Waals surface area contributed by atoms with Crippen LogP contribution in [0.25, 0.3) is 0 Å². The summed E-state index contributed by atoms with van der Waals surface area (Å²) >= 11 is 0. The van der Waals surface area contributed by atoms with E-state index in [1.165, 1.54) is 31.2 Å². The van der Waals surface area contributed by atoms with Crippen LogP contribution in [0.4, 0.5) is 0 Å². The number of hydrogen-bond donors (Lipinski definition) is 1. The number of nitrogens with zero attached hydrogens (tertiary/aromatic N) is 1. The van der Waals surface area contributed by atoms with Gasteiger partial charge in [0.1, 0.15) is 6.10 Å². The third kappa shape index (κ3) is 3.70. The zero-order valence-corrected chi connectivity index (χ0v) is 10.8. The van der Waals surface area contributed by atoms with Gasteiger partial charge >= 0.3 is 0 Å². The fourth-order valence-corrected chi connectivity index (χ4v) is 2.32. The molecular weight excluding hydrogens is 212 g/mol. The van der Waals surface area contributed by atoms with Gasteiger partial charge in [-0.25, -0.2) is 4.98 Å². The lowest BCUT2D eigenvalue weighted by Crippen LogP contribution is -2.14. The highest BCUT2D eigenvalue weighted by Crippen LogP contribution is 2.23. The molecule has 1 aliphatic rings. The van der Waals surface area contributed by atoms with E-state index in [9.17, 15) is 0 Å². The maximum atomic E-state index is 5.94. The van der Waals surface area contributed by atoms with Crippen molar-refractivity contribution < 1.29 is 4.74 Å². The molecular formula is C14H22N2O. The molecule has 0 saturated heterocycles. The van der Waals surface area contributed by atoms with Gasteiger partial charge in [-0.05, 0) is 50.8 Å². The van der Waals surface area contributed by atoms with Gasteiger partial charge in [-0.15, -0.1) is 0 Å². The smallest absolute Gasteiger partial charge is 0.214 e. The second kappa shape index (κ2) is 6.01. The van der Waals surface area contributed by atoms with Crippen molar-refractivity contribution in [3.05, 3.63) is 23.4 Å². The molecule has 0 aliphatic heterocycles. The number of pyridine rings is 1. The van der Waals surface area contributed by atoms with Gasteiger partial charge in [0.05, 0.1) is 0 Å². The number of nitrogens with one attached hydrogen (secondary N) is 1. The first-order valence-electron chi connectivity index (χ1n) is 6.63. The minimum atomic E-state index is 0.385. The Hall–Kier alpha value is -1.09. The predicted molar refractivity (Wildman–Crippen MR) is 69.2 cm³/mol. The molecule has 1 aromatic heterocycles. The highest BCUT2D eigenvalue weighted by Gasteiger charge is 2.17. The number of aryl methyl sites for hydroxylation is 1. The Morgan fingerprint density at radius 1 is 1.35 bits per heavy atom. The Kier molecular flexibility index (Phi) is 4.37. The summed E-state index contributed by atoms with van der Waals surface area (Å²) in [5.74, 6) is 0.796. The Morgan fingerprint density at radius 3 is 2.82 bits per heavy atom. The molecule has 3 heteroatoms. The van der Waals surface area contributed by atoms with Crippen LogP contribution in [-0.2, 0) is 6.54 Å². The molecule has 0 unspecified atom stereocenters. The number of hydrogen-bond acceptors (Lipinski definition) is 3. The van der Waals surface area contributed by atoms with Crippen molar-refractivity contribution in [2.45, 2.75) is 52.2 Å². The topological polar surface area (TPSA) is 34.2 Å². The lowest BCUT2D eigenvalue weighted by atomic mass is 10.2. The molecule has 3 nitrogen and oxygen atoms in total. The van der Waals surface area contributed by atoms with Crippen LogP contribution in [0.2, 0.25) is 0 Å². The van der Waals surface area contributed by atoms with E-state index in [0.717, 1.165) is 24.7 Å². The summed E-state index contributed by atoms with van der Waals surface area (Å²) in [7, 11) is 0. The first-order valence-corrected chi connectivity index (χ1v) is 6.63. The molecule has 0 amide bonds. The maximum absolute atomic E-state index is 5.94. The molecule has 1 N–H and O–H groups in total. The van der Waals surface area contributed by atoms with E-state index < -0.39 is 0 Å². The van der Waals surface area contributed by atoms with Crippen LogP contribution in [0.3, 0.4) is 0 Å². The Bertz CT molecular complexity index is 359. The first kappa shape index (κ1) is 12.4. The third-order valence-corrected chi connectivity index (χ3v) is 3.16. The highest BCUT2D eigenvalue weighted by molar-refractivity contribution is 5.24. The van der Waals surface area contributed by atoms with Crippen molar-refractivity contribution in [3.63, 3.8) is 0 Å². The second-order valence-corrected chi connectivity index (χ2v) is 4.76. The number of aromatic nitrogens is 1. The van der Waals surface area contributed by atoms with Crippen LogP contribution in [0.15, 0.2) is 12.1 Å². The molecule has 0 bridgehead atoms. The lowest BCUT2D eigenvalue weighted by Gasteiger charge is -2.13. The highest BCUT2D eigenvalue weighted by atomic mass is 16.5. The molecule has 0 atom stereocenters. The van der Waals surface area contributed by atoms with E-state index >= 15 is 0 Å². The normalized spacial score (nSPS) is 16.4. The summed E-state index contributed by atoms with van der Waals surface area (Å²) in [4.78, 5) is 4.46. The molecule has 1 aliphatic carbocycles. The SMILES string of the molecule is CCNCc1cc(C)nc(OC2CCCC2)c1. The zero-order chi connectivity index (χ0) is 12.1. The quantitative estimate of drug-likeness (QED) is 0.850. The van der Waals surface area contributed by atoms with Crippen molar-refractivity contribution >= 4 is 0 Å². The largest absolute Gasteiger partial charge is 0.474 e. The van der Waals surface area contributed by atoms with Gasteiger partial charge in [-0.3, -0.25) is 0 Å². The van der Waals surface area contributed by atoms with E-state index in [1.807, 2.05) is 6.92 Å². The Labute approximate surface area is 104 Å². The average molecular weight is 234 g/mol. The molecule has 0 aromatic carbocycles. The fourth-order valence-electron chi connectivity index (χ4n) is 2.32. The monoisotopic (exact) mass is 234 g/mol. The summed E-state index contributed by atoms with van der Waals surface area (Å²) in [6, 6.07) is 4.18. The van der Waals surface area contributed by atoms with Gasteiger partial charge in [0, 0.05) is 18.3 Å². The summed E-state index contributed by atoms with van der Waals surface area (Å²) in [6.07, 6.45) is 5.33. The van der Waals surface area contributed by atoms with E-state index in [2.05, 4.69) is 29.4 Å². The summed E-state index contributed by atoms with van der Waals surface area (Å²) in [5.41, 5.74) is 2.29. The van der Waals surface area contributed by atoms with Gasteiger partial charge in [-0.1, -0.05) is 6.92 Å². The lowest BCUT2D eigenvalue weighted by molar-refractivity contribution is 0.201. The van der Waals surface area contributed by atoms with Gasteiger partial charge in [-0.2, -0.15) is 0 Å². The van der Waals surface area contributed by atoms with Gasteiger partial charge in [0.15, 0.2) is 0 Å². The maximum Gasteiger partial charge on any atom is 0.214 e. The van der Waals surface area contributed by atoms with E-state index in [4.69, 9.17) is 4.74 Å². The minimum Gasteiger partial charge on any atom is -0.474 e. The standard InChI is InChI=1S/C14H22N2O/c1-3-15-10-12-8-11(2)16-14(9-12)17-13-6-4-5-7-13/h8-9,13,15H,3-7,10H2,1-2H3. The molecule has 0 spiro atoms. The molecule has 0 radical (unpaired) electrons. The van der Waals surface area contributed by atoms with Crippen LogP contribution in [0.5, 0.6) is 5.88 Å². The number of ether oxygens (including phenoxy) is 1. The van der Waals surface area contributed by atoms with Crippen LogP contribution >= 0.6 is 0 Å².